The summed E-state index contributed by atoms with van der Waals surface area (Å²) >= 11 is 0. The van der Waals surface area contributed by atoms with E-state index in [-0.39, 0.29) is 24.4 Å². The van der Waals surface area contributed by atoms with Crippen LogP contribution in [0, 0.1) is 13.8 Å². The fourth-order valence-corrected chi connectivity index (χ4v) is 2.37. The molecule has 8 nitrogen and oxygen atoms in total. The summed E-state index contributed by atoms with van der Waals surface area (Å²) in [5.74, 6) is 0.815. The van der Waals surface area contributed by atoms with E-state index in [4.69, 9.17) is 4.52 Å². The van der Waals surface area contributed by atoms with Crippen LogP contribution in [0.4, 0.5) is 0 Å². The monoisotopic (exact) mass is 339 g/mol. The second kappa shape index (κ2) is 7.08. The Kier molecular flexibility index (Phi) is 4.69. The lowest BCUT2D eigenvalue weighted by atomic mass is 10.1. The number of amides is 1. The molecule has 0 unspecified atom stereocenters. The highest BCUT2D eigenvalue weighted by Gasteiger charge is 2.14. The van der Waals surface area contributed by atoms with Crippen molar-refractivity contribution in [2.75, 3.05) is 0 Å². The number of rotatable bonds is 5. The summed E-state index contributed by atoms with van der Waals surface area (Å²) in [5, 5.41) is 6.51. The molecule has 8 heteroatoms. The lowest BCUT2D eigenvalue weighted by Gasteiger charge is -2.07. The van der Waals surface area contributed by atoms with Gasteiger partial charge in [-0.2, -0.15) is 0 Å². The molecule has 0 spiro atoms. The van der Waals surface area contributed by atoms with Gasteiger partial charge in [0.05, 0.1) is 13.0 Å². The van der Waals surface area contributed by atoms with Gasteiger partial charge in [0.25, 0.3) is 5.56 Å². The highest BCUT2D eigenvalue weighted by Crippen LogP contribution is 2.12. The van der Waals surface area contributed by atoms with Crippen LogP contribution in [0.3, 0.4) is 0 Å². The van der Waals surface area contributed by atoms with Crippen LogP contribution >= 0.6 is 0 Å². The molecule has 3 rings (SSSR count). The van der Waals surface area contributed by atoms with Crippen molar-refractivity contribution in [3.63, 3.8) is 0 Å². The molecular formula is C17H17N5O3. The number of carbonyl (C=O) groups excluding carboxylic acids is 1. The minimum Gasteiger partial charge on any atom is -0.361 e. The van der Waals surface area contributed by atoms with Crippen molar-refractivity contribution >= 4 is 5.91 Å². The van der Waals surface area contributed by atoms with Gasteiger partial charge in [-0.3, -0.25) is 14.6 Å². The number of nitrogens with zero attached hydrogens (tertiary/aromatic N) is 3. The largest absolute Gasteiger partial charge is 0.361 e. The smallest absolute Gasteiger partial charge is 0.255 e. The van der Waals surface area contributed by atoms with E-state index in [1.54, 1.807) is 44.4 Å². The van der Waals surface area contributed by atoms with Gasteiger partial charge in [0.2, 0.25) is 5.91 Å². The Morgan fingerprint density at radius 1 is 1.36 bits per heavy atom. The Bertz CT molecular complexity index is 946. The highest BCUT2D eigenvalue weighted by atomic mass is 16.5. The van der Waals surface area contributed by atoms with Crippen molar-refractivity contribution in [3.05, 3.63) is 63.7 Å². The zero-order chi connectivity index (χ0) is 17.8. The molecule has 0 fully saturated rings. The maximum absolute atomic E-state index is 12.3. The number of hydrogen-bond donors (Lipinski definition) is 2. The molecule has 0 aliphatic carbocycles. The predicted molar refractivity (Wildman–Crippen MR) is 89.6 cm³/mol. The molecule has 2 N–H and O–H groups in total. The van der Waals surface area contributed by atoms with Crippen molar-refractivity contribution in [1.29, 1.82) is 0 Å². The first-order valence-electron chi connectivity index (χ1n) is 7.72. The molecule has 3 aromatic heterocycles. The summed E-state index contributed by atoms with van der Waals surface area (Å²) in [7, 11) is 0. The highest BCUT2D eigenvalue weighted by molar-refractivity contribution is 5.78. The first kappa shape index (κ1) is 16.6. The summed E-state index contributed by atoms with van der Waals surface area (Å²) < 4.78 is 4.94. The van der Waals surface area contributed by atoms with E-state index in [9.17, 15) is 9.59 Å². The van der Waals surface area contributed by atoms with Crippen LogP contribution in [-0.2, 0) is 17.8 Å². The molecule has 0 saturated carbocycles. The van der Waals surface area contributed by atoms with Gasteiger partial charge in [0, 0.05) is 35.3 Å². The van der Waals surface area contributed by atoms with Crippen LogP contribution in [0.5, 0.6) is 0 Å². The van der Waals surface area contributed by atoms with Crippen LogP contribution in [0.15, 0.2) is 39.9 Å². The Morgan fingerprint density at radius 3 is 2.84 bits per heavy atom. The molecule has 0 aliphatic rings. The minimum atomic E-state index is -0.334. The van der Waals surface area contributed by atoms with Gasteiger partial charge < -0.3 is 14.8 Å². The average Bonchev–Trinajstić information content (AvgIpc) is 3.02. The van der Waals surface area contributed by atoms with Gasteiger partial charge in [-0.05, 0) is 26.0 Å². The SMILES string of the molecule is Cc1cc(CNC(=O)Cc2c(C)nc(-c3cccnc3)[nH]c2=O)no1. The molecule has 3 aromatic rings. The first-order valence-corrected chi connectivity index (χ1v) is 7.72. The van der Waals surface area contributed by atoms with Gasteiger partial charge >= 0.3 is 0 Å². The Balaban J connectivity index is 1.72. The lowest BCUT2D eigenvalue weighted by molar-refractivity contribution is -0.120. The predicted octanol–water partition coefficient (Wildman–Crippen LogP) is 1.30. The third-order valence-electron chi connectivity index (χ3n) is 3.64. The quantitative estimate of drug-likeness (QED) is 0.724. The summed E-state index contributed by atoms with van der Waals surface area (Å²) in [6.45, 7) is 3.73. The van der Waals surface area contributed by atoms with Crippen LogP contribution in [0.1, 0.15) is 22.7 Å². The standard InChI is InChI=1S/C17H17N5O3/c1-10-6-13(22-25-10)9-19-15(23)7-14-11(2)20-16(21-17(14)24)12-4-3-5-18-8-12/h3-6,8H,7,9H2,1-2H3,(H,19,23)(H,20,21,24). The number of hydrogen-bond acceptors (Lipinski definition) is 6. The van der Waals surface area contributed by atoms with E-state index in [1.807, 2.05) is 0 Å². The average molecular weight is 339 g/mol. The zero-order valence-corrected chi connectivity index (χ0v) is 13.9. The molecule has 0 radical (unpaired) electrons. The number of aromatic nitrogens is 4. The second-order valence-corrected chi connectivity index (χ2v) is 5.60. The van der Waals surface area contributed by atoms with Crippen molar-refractivity contribution in [2.45, 2.75) is 26.8 Å². The number of carbonyl (C=O) groups is 1. The van der Waals surface area contributed by atoms with Gasteiger partial charge in [0.15, 0.2) is 0 Å². The summed E-state index contributed by atoms with van der Waals surface area (Å²) in [4.78, 5) is 35.5. The second-order valence-electron chi connectivity index (χ2n) is 5.60. The van der Waals surface area contributed by atoms with Crippen molar-refractivity contribution in [1.82, 2.24) is 25.4 Å². The topological polar surface area (TPSA) is 114 Å². The Hall–Kier alpha value is -3.29. The summed E-state index contributed by atoms with van der Waals surface area (Å²) in [6.07, 6.45) is 3.20. The molecule has 0 saturated heterocycles. The van der Waals surface area contributed by atoms with Crippen LogP contribution in [0.2, 0.25) is 0 Å². The third kappa shape index (κ3) is 3.97. The molecule has 0 bridgehead atoms. The number of pyridine rings is 1. The van der Waals surface area contributed by atoms with Crippen LogP contribution in [0.25, 0.3) is 11.4 Å². The maximum atomic E-state index is 12.3. The number of H-pyrrole nitrogens is 1. The summed E-state index contributed by atoms with van der Waals surface area (Å²) in [5.41, 5.74) is 1.84. The lowest BCUT2D eigenvalue weighted by Crippen LogP contribution is -2.29. The number of aromatic amines is 1. The van der Waals surface area contributed by atoms with E-state index in [2.05, 4.69) is 25.4 Å². The van der Waals surface area contributed by atoms with E-state index in [0.29, 0.717) is 34.1 Å². The van der Waals surface area contributed by atoms with Gasteiger partial charge in [-0.15, -0.1) is 0 Å². The molecule has 0 atom stereocenters. The number of nitrogens with one attached hydrogen (secondary N) is 2. The van der Waals surface area contributed by atoms with Gasteiger partial charge in [-0.1, -0.05) is 5.16 Å². The van der Waals surface area contributed by atoms with Crippen LogP contribution < -0.4 is 10.9 Å². The third-order valence-corrected chi connectivity index (χ3v) is 3.64. The van der Waals surface area contributed by atoms with Gasteiger partial charge in [0.1, 0.15) is 17.3 Å². The van der Waals surface area contributed by atoms with E-state index >= 15 is 0 Å². The fraction of sp³-hybridized carbons (Fsp3) is 0.235. The van der Waals surface area contributed by atoms with Crippen LogP contribution in [-0.4, -0.2) is 26.0 Å². The minimum absolute atomic E-state index is 0.0572. The molecule has 3 heterocycles. The van der Waals surface area contributed by atoms with E-state index in [1.165, 1.54) is 0 Å². The molecule has 128 valence electrons. The summed E-state index contributed by atoms with van der Waals surface area (Å²) in [6, 6.07) is 5.30. The Morgan fingerprint density at radius 2 is 2.20 bits per heavy atom. The molecule has 1 amide bonds. The van der Waals surface area contributed by atoms with E-state index < -0.39 is 0 Å². The molecule has 0 aliphatic heterocycles. The van der Waals surface area contributed by atoms with E-state index in [0.717, 1.165) is 0 Å². The molecular weight excluding hydrogens is 322 g/mol. The number of aryl methyl sites for hydroxylation is 2. The van der Waals surface area contributed by atoms with Crippen molar-refractivity contribution < 1.29 is 9.32 Å². The molecule has 0 aromatic carbocycles. The van der Waals surface area contributed by atoms with Gasteiger partial charge in [-0.25, -0.2) is 4.98 Å². The van der Waals surface area contributed by atoms with Crippen molar-refractivity contribution in [2.24, 2.45) is 0 Å². The normalized spacial score (nSPS) is 10.6. The molecule has 25 heavy (non-hydrogen) atoms. The maximum Gasteiger partial charge on any atom is 0.255 e. The first-order chi connectivity index (χ1) is 12.0. The Labute approximate surface area is 143 Å². The van der Waals surface area contributed by atoms with Crippen molar-refractivity contribution in [3.8, 4) is 11.4 Å². The fourth-order valence-electron chi connectivity index (χ4n) is 2.37. The zero-order valence-electron chi connectivity index (χ0n) is 13.9.